The summed E-state index contributed by atoms with van der Waals surface area (Å²) in [6.45, 7) is 1.37. The molecular weight excluding hydrogens is 172 g/mol. The van der Waals surface area contributed by atoms with Crippen LogP contribution in [0, 0.1) is 12.7 Å². The first-order valence-electron chi connectivity index (χ1n) is 4.22. The number of halogens is 2. The molecule has 3 heteroatoms. The van der Waals surface area contributed by atoms with Crippen LogP contribution < -0.4 is 5.73 Å². The van der Waals surface area contributed by atoms with E-state index < -0.39 is 12.7 Å². The molecule has 0 unspecified atom stereocenters. The molecule has 0 spiro atoms. The number of hydrogen-bond donors (Lipinski definition) is 1. The molecule has 1 aromatic carbocycles. The molecule has 2 N–H and O–H groups in total. The Balaban J connectivity index is 2.91. The Morgan fingerprint density at radius 1 is 1.46 bits per heavy atom. The summed E-state index contributed by atoms with van der Waals surface area (Å²) in [5.74, 6) is -0.324. The molecule has 0 amide bonds. The minimum atomic E-state index is -0.475. The Bertz CT molecular complexity index is 286. The lowest BCUT2D eigenvalue weighted by Crippen LogP contribution is -2.12. The van der Waals surface area contributed by atoms with E-state index in [0.29, 0.717) is 5.56 Å². The molecule has 0 radical (unpaired) electrons. The molecule has 1 rings (SSSR count). The lowest BCUT2D eigenvalue weighted by atomic mass is 10.00. The third kappa shape index (κ3) is 2.49. The van der Waals surface area contributed by atoms with E-state index in [9.17, 15) is 8.78 Å². The predicted octanol–water partition coefficient (Wildman–Crippen LogP) is 2.49. The molecule has 0 bridgehead atoms. The quantitative estimate of drug-likeness (QED) is 0.769. The van der Waals surface area contributed by atoms with Crippen molar-refractivity contribution in [2.24, 2.45) is 5.73 Å². The van der Waals surface area contributed by atoms with Crippen molar-refractivity contribution < 1.29 is 8.78 Å². The van der Waals surface area contributed by atoms with Crippen molar-refractivity contribution in [3.63, 3.8) is 0 Å². The van der Waals surface area contributed by atoms with Crippen molar-refractivity contribution in [2.45, 2.75) is 19.4 Å². The van der Waals surface area contributed by atoms with Gasteiger partial charge in [0.25, 0.3) is 0 Å². The van der Waals surface area contributed by atoms with Crippen LogP contribution >= 0.6 is 0 Å². The zero-order valence-electron chi connectivity index (χ0n) is 7.56. The molecule has 0 aliphatic heterocycles. The zero-order chi connectivity index (χ0) is 9.84. The lowest BCUT2D eigenvalue weighted by molar-refractivity contribution is 0.440. The normalized spacial score (nSPS) is 12.9. The molecule has 0 aliphatic carbocycles. The highest BCUT2D eigenvalue weighted by Gasteiger charge is 2.09. The van der Waals surface area contributed by atoms with Gasteiger partial charge in [0.2, 0.25) is 0 Å². The van der Waals surface area contributed by atoms with E-state index in [1.54, 1.807) is 6.07 Å². The van der Waals surface area contributed by atoms with Crippen LogP contribution in [-0.4, -0.2) is 6.67 Å². The van der Waals surface area contributed by atoms with Gasteiger partial charge in [-0.05, 0) is 36.6 Å². The fourth-order valence-electron chi connectivity index (χ4n) is 1.28. The molecular formula is C10H13F2N. The van der Waals surface area contributed by atoms with Crippen LogP contribution in [0.15, 0.2) is 18.2 Å². The molecule has 0 fully saturated rings. The maximum absolute atomic E-state index is 12.8. The van der Waals surface area contributed by atoms with Crippen molar-refractivity contribution in [3.05, 3.63) is 35.1 Å². The molecule has 0 saturated carbocycles. The number of alkyl halides is 1. The summed E-state index contributed by atoms with van der Waals surface area (Å²) in [4.78, 5) is 0. The van der Waals surface area contributed by atoms with E-state index >= 15 is 0 Å². The van der Waals surface area contributed by atoms with Gasteiger partial charge in [-0.1, -0.05) is 6.07 Å². The van der Waals surface area contributed by atoms with Gasteiger partial charge in [0.15, 0.2) is 0 Å². The van der Waals surface area contributed by atoms with Crippen LogP contribution in [0.1, 0.15) is 23.6 Å². The summed E-state index contributed by atoms with van der Waals surface area (Å²) >= 11 is 0. The van der Waals surface area contributed by atoms with Gasteiger partial charge in [0, 0.05) is 6.04 Å². The minimum Gasteiger partial charge on any atom is -0.324 e. The van der Waals surface area contributed by atoms with Crippen LogP contribution in [-0.2, 0) is 0 Å². The Labute approximate surface area is 76.6 Å². The van der Waals surface area contributed by atoms with E-state index in [0.717, 1.165) is 5.56 Å². The highest BCUT2D eigenvalue weighted by Crippen LogP contribution is 2.19. The third-order valence-electron chi connectivity index (χ3n) is 2.06. The predicted molar refractivity (Wildman–Crippen MR) is 48.7 cm³/mol. The Morgan fingerprint density at radius 3 is 2.77 bits per heavy atom. The fourth-order valence-corrected chi connectivity index (χ4v) is 1.28. The molecule has 0 saturated heterocycles. The molecule has 0 aromatic heterocycles. The molecule has 13 heavy (non-hydrogen) atoms. The summed E-state index contributed by atoms with van der Waals surface area (Å²) < 4.78 is 24.8. The second kappa shape index (κ2) is 4.33. The zero-order valence-corrected chi connectivity index (χ0v) is 7.56. The van der Waals surface area contributed by atoms with Gasteiger partial charge in [0.05, 0.1) is 6.67 Å². The smallest absolute Gasteiger partial charge is 0.123 e. The highest BCUT2D eigenvalue weighted by atomic mass is 19.1. The Kier molecular flexibility index (Phi) is 3.37. The molecule has 1 atom stereocenters. The van der Waals surface area contributed by atoms with Crippen molar-refractivity contribution >= 4 is 0 Å². The van der Waals surface area contributed by atoms with E-state index in [1.165, 1.54) is 12.1 Å². The van der Waals surface area contributed by atoms with Crippen LogP contribution in [0.5, 0.6) is 0 Å². The highest BCUT2D eigenvalue weighted by molar-refractivity contribution is 5.29. The van der Waals surface area contributed by atoms with Crippen LogP contribution in [0.25, 0.3) is 0 Å². The van der Waals surface area contributed by atoms with Crippen molar-refractivity contribution in [3.8, 4) is 0 Å². The van der Waals surface area contributed by atoms with E-state index in [-0.39, 0.29) is 12.2 Å². The van der Waals surface area contributed by atoms with E-state index in [2.05, 4.69) is 0 Å². The van der Waals surface area contributed by atoms with Gasteiger partial charge in [-0.3, -0.25) is 4.39 Å². The van der Waals surface area contributed by atoms with Crippen molar-refractivity contribution in [2.75, 3.05) is 6.67 Å². The van der Waals surface area contributed by atoms with Gasteiger partial charge in [-0.15, -0.1) is 0 Å². The summed E-state index contributed by atoms with van der Waals surface area (Å²) in [6.07, 6.45) is 0.240. The number of nitrogens with two attached hydrogens (primary N) is 1. The van der Waals surface area contributed by atoms with Gasteiger partial charge in [0.1, 0.15) is 5.82 Å². The van der Waals surface area contributed by atoms with Crippen LogP contribution in [0.2, 0.25) is 0 Å². The second-order valence-electron chi connectivity index (χ2n) is 3.09. The van der Waals surface area contributed by atoms with Gasteiger partial charge in [-0.25, -0.2) is 4.39 Å². The Hall–Kier alpha value is -0.960. The number of benzene rings is 1. The van der Waals surface area contributed by atoms with E-state index in [4.69, 9.17) is 5.73 Å². The van der Waals surface area contributed by atoms with E-state index in [1.807, 2.05) is 6.92 Å². The maximum atomic E-state index is 12.8. The van der Waals surface area contributed by atoms with Crippen molar-refractivity contribution in [1.29, 1.82) is 0 Å². The Morgan fingerprint density at radius 2 is 2.15 bits per heavy atom. The summed E-state index contributed by atoms with van der Waals surface area (Å²) in [5, 5.41) is 0. The molecule has 72 valence electrons. The number of rotatable bonds is 3. The molecule has 0 aliphatic rings. The SMILES string of the molecule is Cc1ccc(F)cc1[C@@H](N)CCF. The lowest BCUT2D eigenvalue weighted by Gasteiger charge is -2.12. The molecule has 0 heterocycles. The van der Waals surface area contributed by atoms with Gasteiger partial charge >= 0.3 is 0 Å². The topological polar surface area (TPSA) is 26.0 Å². The van der Waals surface area contributed by atoms with Gasteiger partial charge < -0.3 is 5.73 Å². The first-order valence-corrected chi connectivity index (χ1v) is 4.22. The fraction of sp³-hybridized carbons (Fsp3) is 0.400. The minimum absolute atomic E-state index is 0.240. The first-order chi connectivity index (χ1) is 6.15. The number of hydrogen-bond acceptors (Lipinski definition) is 1. The van der Waals surface area contributed by atoms with Gasteiger partial charge in [-0.2, -0.15) is 0 Å². The second-order valence-corrected chi connectivity index (χ2v) is 3.09. The summed E-state index contributed by atoms with van der Waals surface area (Å²) in [5.41, 5.74) is 7.27. The summed E-state index contributed by atoms with van der Waals surface area (Å²) in [6, 6.07) is 4.00. The third-order valence-corrected chi connectivity index (χ3v) is 2.06. The summed E-state index contributed by atoms with van der Waals surface area (Å²) in [7, 11) is 0. The standard InChI is InChI=1S/C10H13F2N/c1-7-2-3-8(12)6-9(7)10(13)4-5-11/h2-3,6,10H,4-5,13H2,1H3/t10-/m0/s1. The van der Waals surface area contributed by atoms with Crippen LogP contribution in [0.4, 0.5) is 8.78 Å². The molecule has 1 nitrogen and oxygen atoms in total. The largest absolute Gasteiger partial charge is 0.324 e. The average molecular weight is 185 g/mol. The molecule has 1 aromatic rings. The average Bonchev–Trinajstić information content (AvgIpc) is 2.09. The number of aryl methyl sites for hydroxylation is 1. The maximum Gasteiger partial charge on any atom is 0.123 e. The van der Waals surface area contributed by atoms with Crippen molar-refractivity contribution in [1.82, 2.24) is 0 Å². The monoisotopic (exact) mass is 185 g/mol. The first kappa shape index (κ1) is 10.1. The van der Waals surface area contributed by atoms with Crippen LogP contribution in [0.3, 0.4) is 0 Å².